The third-order valence-corrected chi connectivity index (χ3v) is 6.93. The van der Waals surface area contributed by atoms with Crippen LogP contribution in [0.3, 0.4) is 0 Å². The minimum atomic E-state index is -0.504. The molecule has 2 N–H and O–H groups in total. The van der Waals surface area contributed by atoms with E-state index in [2.05, 4.69) is 15.6 Å². The molecule has 1 heterocycles. The maximum Gasteiger partial charge on any atom is 0.273 e. The van der Waals surface area contributed by atoms with Gasteiger partial charge in [0.1, 0.15) is 10.7 Å². The van der Waals surface area contributed by atoms with Crippen LogP contribution in [-0.2, 0) is 4.79 Å². The van der Waals surface area contributed by atoms with Crippen LogP contribution in [0, 0.1) is 17.0 Å². The second kappa shape index (κ2) is 9.49. The molecular weight excluding hydrogens is 448 g/mol. The summed E-state index contributed by atoms with van der Waals surface area (Å²) >= 11 is 2.59. The van der Waals surface area contributed by atoms with Crippen molar-refractivity contribution in [2.75, 3.05) is 11.1 Å². The van der Waals surface area contributed by atoms with Crippen LogP contribution in [0.1, 0.15) is 28.8 Å². The fraction of sp³-hybridized carbons (Fsp3) is 0.227. The van der Waals surface area contributed by atoms with E-state index >= 15 is 0 Å². The summed E-state index contributed by atoms with van der Waals surface area (Å²) in [5, 5.41) is 17.5. The van der Waals surface area contributed by atoms with Crippen LogP contribution < -0.4 is 10.6 Å². The van der Waals surface area contributed by atoms with Crippen molar-refractivity contribution < 1.29 is 14.5 Å². The molecule has 0 aliphatic heterocycles. The summed E-state index contributed by atoms with van der Waals surface area (Å²) in [5.41, 5.74) is 1.98. The first kappa shape index (κ1) is 22.0. The number of nitro benzene ring substituents is 1. The van der Waals surface area contributed by atoms with Crippen LogP contribution in [0.2, 0.25) is 0 Å². The molecule has 32 heavy (non-hydrogen) atoms. The SMILES string of the molecule is Cc1ccc(C(=O)Nc2sc(SCC(=O)NC3CC3)nc2-c2ccccc2)cc1[N+](=O)[O-]. The Morgan fingerprint density at radius 3 is 2.66 bits per heavy atom. The number of thioether (sulfide) groups is 1. The quantitative estimate of drug-likeness (QED) is 0.283. The number of anilines is 1. The van der Waals surface area contributed by atoms with E-state index in [1.54, 1.807) is 19.1 Å². The molecule has 0 saturated heterocycles. The summed E-state index contributed by atoms with van der Waals surface area (Å²) < 4.78 is 0.653. The lowest BCUT2D eigenvalue weighted by molar-refractivity contribution is -0.385. The zero-order valence-electron chi connectivity index (χ0n) is 17.2. The highest BCUT2D eigenvalue weighted by molar-refractivity contribution is 8.01. The van der Waals surface area contributed by atoms with Gasteiger partial charge in [0.2, 0.25) is 5.91 Å². The van der Waals surface area contributed by atoms with Crippen molar-refractivity contribution in [1.29, 1.82) is 0 Å². The van der Waals surface area contributed by atoms with Crippen LogP contribution in [0.4, 0.5) is 10.7 Å². The van der Waals surface area contributed by atoms with Crippen molar-refractivity contribution in [2.24, 2.45) is 0 Å². The Morgan fingerprint density at radius 2 is 1.97 bits per heavy atom. The number of rotatable bonds is 8. The van der Waals surface area contributed by atoms with E-state index in [9.17, 15) is 19.7 Å². The number of carbonyl (C=O) groups is 2. The van der Waals surface area contributed by atoms with E-state index in [0.29, 0.717) is 26.6 Å². The van der Waals surface area contributed by atoms with Crippen molar-refractivity contribution in [3.8, 4) is 11.3 Å². The number of benzene rings is 2. The molecule has 4 rings (SSSR count). The van der Waals surface area contributed by atoms with Crippen molar-refractivity contribution in [1.82, 2.24) is 10.3 Å². The molecule has 1 aliphatic rings. The number of aryl methyl sites for hydroxylation is 1. The lowest BCUT2D eigenvalue weighted by Gasteiger charge is -2.06. The molecule has 0 bridgehead atoms. The van der Waals surface area contributed by atoms with Crippen LogP contribution in [0.15, 0.2) is 52.9 Å². The Balaban J connectivity index is 1.56. The lowest BCUT2D eigenvalue weighted by Crippen LogP contribution is -2.26. The Bertz CT molecular complexity index is 1180. The maximum absolute atomic E-state index is 12.9. The number of hydrogen-bond donors (Lipinski definition) is 2. The number of nitrogens with one attached hydrogen (secondary N) is 2. The molecule has 164 valence electrons. The molecule has 2 aromatic carbocycles. The molecule has 3 aromatic rings. The summed E-state index contributed by atoms with van der Waals surface area (Å²) in [7, 11) is 0. The second-order valence-corrected chi connectivity index (χ2v) is 9.59. The van der Waals surface area contributed by atoms with Crippen molar-refractivity contribution in [3.63, 3.8) is 0 Å². The second-order valence-electron chi connectivity index (χ2n) is 7.37. The molecule has 1 aromatic heterocycles. The number of amides is 2. The summed E-state index contributed by atoms with van der Waals surface area (Å²) in [4.78, 5) is 40.2. The number of aromatic nitrogens is 1. The largest absolute Gasteiger partial charge is 0.353 e. The summed E-state index contributed by atoms with van der Waals surface area (Å²) in [6, 6.07) is 14.1. The van der Waals surface area contributed by atoms with E-state index in [1.807, 2.05) is 30.3 Å². The minimum Gasteiger partial charge on any atom is -0.353 e. The lowest BCUT2D eigenvalue weighted by atomic mass is 10.1. The van der Waals surface area contributed by atoms with Gasteiger partial charge >= 0.3 is 0 Å². The number of thiazole rings is 1. The number of hydrogen-bond acceptors (Lipinski definition) is 7. The predicted molar refractivity (Wildman–Crippen MR) is 125 cm³/mol. The molecule has 10 heteroatoms. The Morgan fingerprint density at radius 1 is 1.22 bits per heavy atom. The van der Waals surface area contributed by atoms with Crippen LogP contribution in [0.25, 0.3) is 11.3 Å². The molecule has 8 nitrogen and oxygen atoms in total. The molecule has 1 saturated carbocycles. The van der Waals surface area contributed by atoms with Crippen molar-refractivity contribution in [2.45, 2.75) is 30.1 Å². The van der Waals surface area contributed by atoms with E-state index in [-0.39, 0.29) is 22.9 Å². The summed E-state index contributed by atoms with van der Waals surface area (Å²) in [5.74, 6) is -0.251. The first-order valence-electron chi connectivity index (χ1n) is 9.95. The number of nitrogens with zero attached hydrogens (tertiary/aromatic N) is 2. The molecule has 0 atom stereocenters. The van der Waals surface area contributed by atoms with Gasteiger partial charge in [-0.15, -0.1) is 0 Å². The average molecular weight is 469 g/mol. The summed E-state index contributed by atoms with van der Waals surface area (Å²) in [6.07, 6.45) is 2.05. The normalized spacial score (nSPS) is 12.9. The van der Waals surface area contributed by atoms with Gasteiger partial charge in [0, 0.05) is 28.8 Å². The van der Waals surface area contributed by atoms with Gasteiger partial charge < -0.3 is 10.6 Å². The minimum absolute atomic E-state index is 0.0356. The Kier molecular flexibility index (Phi) is 6.52. The fourth-order valence-electron chi connectivity index (χ4n) is 2.99. The van der Waals surface area contributed by atoms with Crippen LogP contribution >= 0.6 is 23.1 Å². The van der Waals surface area contributed by atoms with Gasteiger partial charge in [0.05, 0.1) is 10.7 Å². The molecule has 1 fully saturated rings. The first-order valence-corrected chi connectivity index (χ1v) is 11.8. The van der Waals surface area contributed by atoms with Crippen molar-refractivity contribution in [3.05, 3.63) is 69.8 Å². The van der Waals surface area contributed by atoms with Gasteiger partial charge in [-0.3, -0.25) is 19.7 Å². The standard InChI is InChI=1S/C22H20N4O4S2/c1-13-7-8-15(11-17(13)26(29)30)20(28)25-21-19(14-5-3-2-4-6-14)24-22(32-21)31-12-18(27)23-16-9-10-16/h2-8,11,16H,9-10,12H2,1H3,(H,23,27)(H,25,28). The molecular formula is C22H20N4O4S2. The highest BCUT2D eigenvalue weighted by atomic mass is 32.2. The van der Waals surface area contributed by atoms with Crippen LogP contribution in [0.5, 0.6) is 0 Å². The zero-order chi connectivity index (χ0) is 22.7. The topological polar surface area (TPSA) is 114 Å². The molecule has 1 aliphatic carbocycles. The highest BCUT2D eigenvalue weighted by Crippen LogP contribution is 2.38. The van der Waals surface area contributed by atoms with E-state index in [4.69, 9.17) is 0 Å². The molecule has 0 radical (unpaired) electrons. The van der Waals surface area contributed by atoms with Crippen molar-refractivity contribution >= 4 is 45.6 Å². The molecule has 0 unspecified atom stereocenters. The van der Waals surface area contributed by atoms with Gasteiger partial charge in [0.25, 0.3) is 11.6 Å². The van der Waals surface area contributed by atoms with E-state index in [0.717, 1.165) is 18.4 Å². The monoisotopic (exact) mass is 468 g/mol. The van der Waals surface area contributed by atoms with Gasteiger partial charge in [-0.25, -0.2) is 4.98 Å². The van der Waals surface area contributed by atoms with Crippen LogP contribution in [-0.4, -0.2) is 33.5 Å². The maximum atomic E-state index is 12.9. The van der Waals surface area contributed by atoms with E-state index < -0.39 is 10.8 Å². The van der Waals surface area contributed by atoms with Gasteiger partial charge in [-0.2, -0.15) is 0 Å². The Hall–Kier alpha value is -3.24. The highest BCUT2D eigenvalue weighted by Gasteiger charge is 2.24. The number of carbonyl (C=O) groups excluding carboxylic acids is 2. The van der Waals surface area contributed by atoms with Gasteiger partial charge in [-0.1, -0.05) is 59.5 Å². The van der Waals surface area contributed by atoms with Gasteiger partial charge in [0.15, 0.2) is 4.34 Å². The fourth-order valence-corrected chi connectivity index (χ4v) is 4.86. The third-order valence-electron chi connectivity index (χ3n) is 4.82. The Labute approximate surface area is 192 Å². The van der Waals surface area contributed by atoms with E-state index in [1.165, 1.54) is 29.2 Å². The number of nitro groups is 1. The zero-order valence-corrected chi connectivity index (χ0v) is 18.8. The van der Waals surface area contributed by atoms with Gasteiger partial charge in [-0.05, 0) is 25.8 Å². The first-order chi connectivity index (χ1) is 15.4. The predicted octanol–water partition coefficient (Wildman–Crippen LogP) is 4.65. The third kappa shape index (κ3) is 5.32. The summed E-state index contributed by atoms with van der Waals surface area (Å²) in [6.45, 7) is 1.62. The average Bonchev–Trinajstić information content (AvgIpc) is 3.50. The molecule has 0 spiro atoms. The molecule has 2 amide bonds. The smallest absolute Gasteiger partial charge is 0.273 e.